The van der Waals surface area contributed by atoms with Crippen molar-refractivity contribution < 1.29 is 59.2 Å². The molecule has 2 heterocycles. The van der Waals surface area contributed by atoms with Gasteiger partial charge in [0.25, 0.3) is 0 Å². The fraction of sp³-hybridized carbons (Fsp3) is 0.321. The molecule has 0 atom stereocenters. The number of hydrogen-bond acceptors (Lipinski definition) is 12. The van der Waals surface area contributed by atoms with Gasteiger partial charge >= 0.3 is 25.8 Å². The van der Waals surface area contributed by atoms with E-state index in [0.717, 1.165) is 31.4 Å². The van der Waals surface area contributed by atoms with E-state index in [4.69, 9.17) is 54.2 Å². The van der Waals surface area contributed by atoms with Crippen molar-refractivity contribution in [1.82, 2.24) is 24.8 Å². The number of sulfone groups is 1. The third-order valence-corrected chi connectivity index (χ3v) is 9.92. The van der Waals surface area contributed by atoms with E-state index in [1.165, 1.54) is 37.4 Å². The van der Waals surface area contributed by atoms with Crippen molar-refractivity contribution in [3.8, 4) is 5.69 Å². The number of rotatable bonds is 12. The van der Waals surface area contributed by atoms with Gasteiger partial charge in [0.2, 0.25) is 10.0 Å². The van der Waals surface area contributed by atoms with Gasteiger partial charge in [0.05, 0.1) is 57.2 Å². The van der Waals surface area contributed by atoms with Crippen LogP contribution < -0.4 is 15.7 Å². The molecule has 2 aromatic heterocycles. The summed E-state index contributed by atoms with van der Waals surface area (Å²) in [5, 5.41) is 17.6. The van der Waals surface area contributed by atoms with Crippen LogP contribution in [0.25, 0.3) is 5.69 Å². The monoisotopic (exact) mass is 880 g/mol. The summed E-state index contributed by atoms with van der Waals surface area (Å²) in [6.07, 6.45) is 4.60. The van der Waals surface area contributed by atoms with Crippen LogP contribution in [0.15, 0.2) is 50.7 Å². The molecule has 4 aromatic rings. The van der Waals surface area contributed by atoms with E-state index in [0.29, 0.717) is 16.0 Å². The van der Waals surface area contributed by atoms with E-state index < -0.39 is 64.3 Å². The molecule has 0 amide bonds. The maximum Gasteiger partial charge on any atom is 0.355 e. The van der Waals surface area contributed by atoms with E-state index in [2.05, 4.69) is 20.3 Å². The number of aromatic nitrogens is 4. The van der Waals surface area contributed by atoms with Gasteiger partial charge in [0.15, 0.2) is 21.4 Å². The number of carbonyl (C=O) groups is 2. The van der Waals surface area contributed by atoms with Crippen molar-refractivity contribution >= 4 is 79.7 Å². The molecule has 5 N–H and O–H groups in total. The van der Waals surface area contributed by atoms with Crippen LogP contribution in [-0.4, -0.2) is 88.3 Å². The Kier molecular flexibility index (Phi) is 14.7. The van der Waals surface area contributed by atoms with Crippen molar-refractivity contribution in [2.45, 2.75) is 37.1 Å². The fourth-order valence-electron chi connectivity index (χ4n) is 4.34. The molecule has 5 rings (SSSR count). The molecular weight excluding hydrogens is 852 g/mol. The second-order valence-corrected chi connectivity index (χ2v) is 17.9. The van der Waals surface area contributed by atoms with Gasteiger partial charge < -0.3 is 19.4 Å². The Morgan fingerprint density at radius 3 is 2.19 bits per heavy atom. The van der Waals surface area contributed by atoms with Crippen LogP contribution in [0.4, 0.5) is 14.5 Å². The summed E-state index contributed by atoms with van der Waals surface area (Å²) in [6.45, 7) is -2.29. The average Bonchev–Trinajstić information content (AvgIpc) is 3.66. The number of carboxylic acids is 1. The molecular formula is C28H30Cl3F2N6O12PS2. The van der Waals surface area contributed by atoms with Gasteiger partial charge in [-0.25, -0.2) is 26.2 Å². The fourth-order valence-corrected chi connectivity index (χ4v) is 7.01. The molecule has 2 aromatic carbocycles. The average molecular weight is 882 g/mol. The third-order valence-electron chi connectivity index (χ3n) is 6.71. The molecule has 18 nitrogen and oxygen atoms in total. The van der Waals surface area contributed by atoms with Gasteiger partial charge in [-0.1, -0.05) is 40.0 Å². The maximum absolute atomic E-state index is 12.8. The Hall–Kier alpha value is -3.73. The number of halogens is 5. The highest BCUT2D eigenvalue weighted by Crippen LogP contribution is 2.42. The molecule has 1 fully saturated rings. The predicted octanol–water partition coefficient (Wildman–Crippen LogP) is 4.05. The molecule has 1 saturated carbocycles. The van der Waals surface area contributed by atoms with Crippen LogP contribution in [-0.2, 0) is 29.2 Å². The van der Waals surface area contributed by atoms with E-state index in [-0.39, 0.29) is 53.2 Å². The SMILES string of the molecule is CS(=O)(=O)c1cc(Cl)ccc1C(=O)c1cnoc1C1CC1.Cc1nn(-c2cc(NS(C)(=O)=O)c(Cl)cc2Cl)c(=O)n1C(F)F.O=C(O)CNCP(=O)(O)O. The lowest BCUT2D eigenvalue weighted by atomic mass is 10.0. The first-order valence-corrected chi connectivity index (χ1v) is 21.4. The minimum Gasteiger partial charge on any atom is -0.480 e. The normalized spacial score (nSPS) is 13.1. The number of aryl methyl sites for hydroxylation is 1. The molecule has 1 aliphatic rings. The summed E-state index contributed by atoms with van der Waals surface area (Å²) in [5.41, 5.74) is -0.858. The Labute approximate surface area is 320 Å². The van der Waals surface area contributed by atoms with Crippen molar-refractivity contribution in [2.24, 2.45) is 0 Å². The van der Waals surface area contributed by atoms with Crippen molar-refractivity contribution in [1.29, 1.82) is 0 Å². The molecule has 54 heavy (non-hydrogen) atoms. The number of ketones is 1. The minimum absolute atomic E-state index is 0.0257. The Morgan fingerprint density at radius 1 is 1.06 bits per heavy atom. The summed E-state index contributed by atoms with van der Waals surface area (Å²) in [4.78, 5) is 50.7. The first kappa shape index (κ1) is 44.7. The van der Waals surface area contributed by atoms with Gasteiger partial charge in [-0.05, 0) is 50.1 Å². The van der Waals surface area contributed by atoms with Crippen LogP contribution in [0.1, 0.15) is 52.8 Å². The first-order valence-electron chi connectivity index (χ1n) is 14.7. The number of sulfonamides is 1. The van der Waals surface area contributed by atoms with E-state index >= 15 is 0 Å². The third kappa shape index (κ3) is 12.7. The highest BCUT2D eigenvalue weighted by Gasteiger charge is 2.34. The van der Waals surface area contributed by atoms with Crippen molar-refractivity contribution in [2.75, 3.05) is 30.1 Å². The predicted molar refractivity (Wildman–Crippen MR) is 191 cm³/mol. The Balaban J connectivity index is 0.000000235. The smallest absolute Gasteiger partial charge is 0.355 e. The maximum atomic E-state index is 12.8. The topological polar surface area (TPSA) is 270 Å². The summed E-state index contributed by atoms with van der Waals surface area (Å²) >= 11 is 17.7. The summed E-state index contributed by atoms with van der Waals surface area (Å²) < 4.78 is 90.2. The van der Waals surface area contributed by atoms with Crippen molar-refractivity contribution in [3.63, 3.8) is 0 Å². The lowest BCUT2D eigenvalue weighted by Crippen LogP contribution is -2.25. The summed E-state index contributed by atoms with van der Waals surface area (Å²) in [5.74, 6) is -1.04. The zero-order chi connectivity index (χ0) is 40.9. The number of nitrogens with one attached hydrogen (secondary N) is 2. The number of carbonyl (C=O) groups excluding carboxylic acids is 1. The zero-order valence-corrected chi connectivity index (χ0v) is 32.7. The second-order valence-electron chi connectivity index (χ2n) is 11.3. The Bertz CT molecular complexity index is 2380. The summed E-state index contributed by atoms with van der Waals surface area (Å²) in [6, 6.07) is 6.51. The van der Waals surface area contributed by atoms with E-state index in [1.54, 1.807) is 0 Å². The number of anilines is 1. The molecule has 26 heteroatoms. The second kappa shape index (κ2) is 17.8. The quantitative estimate of drug-likeness (QED) is 0.0992. The molecule has 0 saturated heterocycles. The van der Waals surface area contributed by atoms with Gasteiger partial charge in [-0.3, -0.25) is 24.2 Å². The number of nitrogens with zero attached hydrogens (tertiary/aromatic N) is 4. The number of hydrogen-bond donors (Lipinski definition) is 5. The van der Waals surface area contributed by atoms with Crippen LogP contribution in [0.3, 0.4) is 0 Å². The lowest BCUT2D eigenvalue weighted by Gasteiger charge is -2.10. The number of benzene rings is 2. The Morgan fingerprint density at radius 2 is 1.69 bits per heavy atom. The van der Waals surface area contributed by atoms with Crippen LogP contribution in [0.2, 0.25) is 15.1 Å². The minimum atomic E-state index is -4.10. The molecule has 0 radical (unpaired) electrons. The highest BCUT2D eigenvalue weighted by molar-refractivity contribution is 7.92. The molecule has 0 unspecified atom stereocenters. The van der Waals surface area contributed by atoms with Gasteiger partial charge in [-0.2, -0.15) is 13.5 Å². The number of alkyl halides is 2. The zero-order valence-electron chi connectivity index (χ0n) is 27.9. The largest absolute Gasteiger partial charge is 0.480 e. The van der Waals surface area contributed by atoms with Crippen LogP contribution >= 0.6 is 42.4 Å². The van der Waals surface area contributed by atoms with Crippen LogP contribution in [0.5, 0.6) is 0 Å². The van der Waals surface area contributed by atoms with Crippen LogP contribution in [0, 0.1) is 6.92 Å². The van der Waals surface area contributed by atoms with Gasteiger partial charge in [0.1, 0.15) is 5.82 Å². The standard InChI is InChI=1S/C14H12ClNO4S.C11H10Cl2F2N4O3S.C3H8NO5P/c1-21(18,19)12-6-9(15)4-5-10(12)13(17)11-7-16-20-14(11)8-2-3-8;1-5-16-19(11(20)18(5)10(14)15)9-4-8(17-23(2,21)22)6(12)3-7(9)13;5-3(6)1-4-2-10(7,8)9/h4-8H,2-3H2,1H3;3-4,10,17H,1-2H3;4H,1-2H2,(H,5,6)(H2,7,8,9). The van der Waals surface area contributed by atoms with E-state index in [9.17, 15) is 44.6 Å². The van der Waals surface area contributed by atoms with Gasteiger partial charge in [-0.15, -0.1) is 5.10 Å². The molecule has 1 aliphatic carbocycles. The molecule has 296 valence electrons. The number of aliphatic carboxylic acids is 1. The van der Waals surface area contributed by atoms with Gasteiger partial charge in [0, 0.05) is 22.8 Å². The van der Waals surface area contributed by atoms with Crippen molar-refractivity contribution in [3.05, 3.63) is 84.8 Å². The number of carboxylic acid groups (broad SMARTS) is 1. The first-order chi connectivity index (χ1) is 24.8. The van der Waals surface area contributed by atoms with E-state index in [1.807, 2.05) is 0 Å². The molecule has 0 aliphatic heterocycles. The molecule has 0 spiro atoms. The lowest BCUT2D eigenvalue weighted by molar-refractivity contribution is -0.135. The molecule has 0 bridgehead atoms. The summed E-state index contributed by atoms with van der Waals surface area (Å²) in [7, 11) is -11.3. The highest BCUT2D eigenvalue weighted by atomic mass is 35.5.